The highest BCUT2D eigenvalue weighted by Crippen LogP contribution is 2.20. The number of carbonyl (C=O) groups is 1. The van der Waals surface area contributed by atoms with E-state index in [1.165, 1.54) is 0 Å². The van der Waals surface area contributed by atoms with Crippen molar-refractivity contribution in [1.82, 2.24) is 0 Å². The van der Waals surface area contributed by atoms with E-state index < -0.39 is 6.17 Å². The standard InChI is InChI=1S/C10H17FO2/c1-8(11)3-2-4-9-5-6-10(12)13-7-9/h8-9H,2-7H2,1H3. The van der Waals surface area contributed by atoms with Gasteiger partial charge in [-0.25, -0.2) is 4.39 Å². The number of rotatable bonds is 4. The normalized spacial score (nSPS) is 25.4. The molecule has 13 heavy (non-hydrogen) atoms. The topological polar surface area (TPSA) is 26.3 Å². The minimum absolute atomic E-state index is 0.0879. The third kappa shape index (κ3) is 4.25. The van der Waals surface area contributed by atoms with Crippen molar-refractivity contribution in [2.24, 2.45) is 5.92 Å². The zero-order valence-electron chi connectivity index (χ0n) is 8.09. The minimum Gasteiger partial charge on any atom is -0.465 e. The van der Waals surface area contributed by atoms with Gasteiger partial charge in [0.2, 0.25) is 0 Å². The van der Waals surface area contributed by atoms with Crippen molar-refractivity contribution in [2.75, 3.05) is 6.61 Å². The molecule has 0 amide bonds. The molecule has 3 heteroatoms. The first-order chi connectivity index (χ1) is 6.18. The molecule has 1 aliphatic heterocycles. The number of cyclic esters (lactones) is 1. The van der Waals surface area contributed by atoms with Gasteiger partial charge in [-0.05, 0) is 32.1 Å². The molecule has 0 saturated carbocycles. The second kappa shape index (κ2) is 5.20. The van der Waals surface area contributed by atoms with Crippen LogP contribution in [0.2, 0.25) is 0 Å². The van der Waals surface area contributed by atoms with E-state index in [0.29, 0.717) is 25.4 Å². The molecule has 76 valence electrons. The van der Waals surface area contributed by atoms with E-state index in [1.807, 2.05) is 0 Å². The summed E-state index contributed by atoms with van der Waals surface area (Å²) >= 11 is 0. The molecule has 0 bridgehead atoms. The zero-order chi connectivity index (χ0) is 9.68. The molecule has 2 nitrogen and oxygen atoms in total. The van der Waals surface area contributed by atoms with E-state index >= 15 is 0 Å². The molecule has 1 aliphatic rings. The SMILES string of the molecule is CC(F)CCCC1CCC(=O)OC1. The summed E-state index contributed by atoms with van der Waals surface area (Å²) < 4.78 is 17.3. The van der Waals surface area contributed by atoms with Gasteiger partial charge in [0.15, 0.2) is 0 Å². The van der Waals surface area contributed by atoms with Crippen LogP contribution in [0.3, 0.4) is 0 Å². The fourth-order valence-corrected chi connectivity index (χ4v) is 1.60. The Kier molecular flexibility index (Phi) is 4.19. The first-order valence-corrected chi connectivity index (χ1v) is 4.98. The van der Waals surface area contributed by atoms with Crippen LogP contribution in [0.15, 0.2) is 0 Å². The van der Waals surface area contributed by atoms with Crippen LogP contribution >= 0.6 is 0 Å². The predicted molar refractivity (Wildman–Crippen MR) is 48.1 cm³/mol. The second-order valence-electron chi connectivity index (χ2n) is 3.80. The van der Waals surface area contributed by atoms with Crippen molar-refractivity contribution in [2.45, 2.75) is 45.2 Å². The van der Waals surface area contributed by atoms with Gasteiger partial charge in [0.1, 0.15) is 0 Å². The van der Waals surface area contributed by atoms with E-state index in [0.717, 1.165) is 19.3 Å². The summed E-state index contributed by atoms with van der Waals surface area (Å²) in [6.07, 6.45) is 3.27. The third-order valence-electron chi connectivity index (χ3n) is 2.45. The smallest absolute Gasteiger partial charge is 0.305 e. The van der Waals surface area contributed by atoms with Gasteiger partial charge in [-0.1, -0.05) is 6.42 Å². The van der Waals surface area contributed by atoms with Crippen molar-refractivity contribution in [3.05, 3.63) is 0 Å². The number of hydrogen-bond acceptors (Lipinski definition) is 2. The minimum atomic E-state index is -0.703. The Balaban J connectivity index is 2.05. The molecule has 2 atom stereocenters. The summed E-state index contributed by atoms with van der Waals surface area (Å²) in [6.45, 7) is 2.13. The van der Waals surface area contributed by atoms with Crippen molar-refractivity contribution >= 4 is 5.97 Å². The average Bonchev–Trinajstić information content (AvgIpc) is 2.08. The molecule has 0 radical (unpaired) electrons. The molecule has 0 aliphatic carbocycles. The molecule has 0 aromatic rings. The molecular weight excluding hydrogens is 171 g/mol. The Hall–Kier alpha value is -0.600. The number of halogens is 1. The summed E-state index contributed by atoms with van der Waals surface area (Å²) in [6, 6.07) is 0. The van der Waals surface area contributed by atoms with Crippen LogP contribution < -0.4 is 0 Å². The van der Waals surface area contributed by atoms with Gasteiger partial charge in [-0.2, -0.15) is 0 Å². The van der Waals surface area contributed by atoms with E-state index in [4.69, 9.17) is 4.74 Å². The molecular formula is C10H17FO2. The Morgan fingerprint density at radius 2 is 2.46 bits per heavy atom. The Morgan fingerprint density at radius 1 is 1.69 bits per heavy atom. The largest absolute Gasteiger partial charge is 0.465 e. The maximum atomic E-state index is 12.4. The Morgan fingerprint density at radius 3 is 3.00 bits per heavy atom. The fourth-order valence-electron chi connectivity index (χ4n) is 1.60. The van der Waals surface area contributed by atoms with Gasteiger partial charge in [-0.15, -0.1) is 0 Å². The quantitative estimate of drug-likeness (QED) is 0.633. The molecule has 1 saturated heterocycles. The highest BCUT2D eigenvalue weighted by atomic mass is 19.1. The number of ether oxygens (including phenoxy) is 1. The summed E-state index contributed by atoms with van der Waals surface area (Å²) in [4.78, 5) is 10.7. The lowest BCUT2D eigenvalue weighted by Gasteiger charge is -2.21. The Bertz CT molecular complexity index is 158. The number of alkyl halides is 1. The van der Waals surface area contributed by atoms with Crippen LogP contribution in [-0.2, 0) is 9.53 Å². The van der Waals surface area contributed by atoms with Crippen molar-refractivity contribution in [1.29, 1.82) is 0 Å². The maximum Gasteiger partial charge on any atom is 0.305 e. The van der Waals surface area contributed by atoms with Gasteiger partial charge in [0.25, 0.3) is 0 Å². The van der Waals surface area contributed by atoms with E-state index in [-0.39, 0.29) is 5.97 Å². The second-order valence-corrected chi connectivity index (χ2v) is 3.80. The molecule has 1 rings (SSSR count). The maximum absolute atomic E-state index is 12.4. The van der Waals surface area contributed by atoms with E-state index in [2.05, 4.69) is 0 Å². The van der Waals surface area contributed by atoms with Gasteiger partial charge >= 0.3 is 5.97 Å². The van der Waals surface area contributed by atoms with E-state index in [9.17, 15) is 9.18 Å². The van der Waals surface area contributed by atoms with Crippen molar-refractivity contribution in [3.63, 3.8) is 0 Å². The van der Waals surface area contributed by atoms with Crippen LogP contribution in [0.4, 0.5) is 4.39 Å². The molecule has 2 unspecified atom stereocenters. The predicted octanol–water partition coefficient (Wildman–Crippen LogP) is 2.47. The lowest BCUT2D eigenvalue weighted by molar-refractivity contribution is -0.149. The van der Waals surface area contributed by atoms with Crippen LogP contribution in [0.1, 0.15) is 39.0 Å². The summed E-state index contributed by atoms with van der Waals surface area (Å²) in [7, 11) is 0. The summed E-state index contributed by atoms with van der Waals surface area (Å²) in [5.74, 6) is 0.381. The van der Waals surface area contributed by atoms with Crippen LogP contribution in [0.5, 0.6) is 0 Å². The number of esters is 1. The van der Waals surface area contributed by atoms with Crippen molar-refractivity contribution in [3.8, 4) is 0 Å². The first-order valence-electron chi connectivity index (χ1n) is 4.98. The van der Waals surface area contributed by atoms with Gasteiger partial charge < -0.3 is 4.74 Å². The van der Waals surface area contributed by atoms with Gasteiger partial charge in [-0.3, -0.25) is 4.79 Å². The third-order valence-corrected chi connectivity index (χ3v) is 2.45. The molecule has 0 aromatic heterocycles. The fraction of sp³-hybridized carbons (Fsp3) is 0.900. The molecule has 0 spiro atoms. The van der Waals surface area contributed by atoms with Crippen LogP contribution in [0.25, 0.3) is 0 Å². The van der Waals surface area contributed by atoms with Crippen molar-refractivity contribution < 1.29 is 13.9 Å². The molecule has 0 N–H and O–H groups in total. The first kappa shape index (κ1) is 10.5. The highest BCUT2D eigenvalue weighted by Gasteiger charge is 2.19. The van der Waals surface area contributed by atoms with Crippen LogP contribution in [0, 0.1) is 5.92 Å². The van der Waals surface area contributed by atoms with Gasteiger partial charge in [0, 0.05) is 6.42 Å². The monoisotopic (exact) mass is 188 g/mol. The van der Waals surface area contributed by atoms with E-state index in [1.54, 1.807) is 6.92 Å². The van der Waals surface area contributed by atoms with Crippen LogP contribution in [-0.4, -0.2) is 18.7 Å². The zero-order valence-corrected chi connectivity index (χ0v) is 8.09. The highest BCUT2D eigenvalue weighted by molar-refractivity contribution is 5.69. The summed E-state index contributed by atoms with van der Waals surface area (Å²) in [5, 5.41) is 0. The molecule has 1 heterocycles. The summed E-state index contributed by atoms with van der Waals surface area (Å²) in [5.41, 5.74) is 0. The Labute approximate surface area is 78.5 Å². The average molecular weight is 188 g/mol. The lowest BCUT2D eigenvalue weighted by atomic mass is 9.95. The molecule has 1 fully saturated rings. The lowest BCUT2D eigenvalue weighted by Crippen LogP contribution is -2.21. The molecule has 0 aromatic carbocycles. The number of carbonyl (C=O) groups excluding carboxylic acids is 1. The van der Waals surface area contributed by atoms with Gasteiger partial charge in [0.05, 0.1) is 12.8 Å². The number of hydrogen-bond donors (Lipinski definition) is 0.